The molecule has 1 saturated heterocycles. The van der Waals surface area contributed by atoms with Gasteiger partial charge in [0.05, 0.1) is 5.02 Å². The van der Waals surface area contributed by atoms with E-state index in [1.807, 2.05) is 6.92 Å². The zero-order valence-corrected chi connectivity index (χ0v) is 20.4. The Hall–Kier alpha value is -2.62. The number of anilines is 1. The molecule has 1 atom stereocenters. The number of ether oxygens (including phenoxy) is 1. The number of carbonyl (C=O) groups excluding carboxylic acids is 2. The first kappa shape index (κ1) is 25.0. The van der Waals surface area contributed by atoms with Crippen LogP contribution in [-0.2, 0) is 14.8 Å². The number of likely N-dealkylation sites (N-methyl/N-ethyl adjacent to an activating group) is 1. The number of amides is 2. The van der Waals surface area contributed by atoms with E-state index in [0.717, 1.165) is 12.8 Å². The minimum Gasteiger partial charge on any atom is -0.484 e. The average Bonchev–Trinajstić information content (AvgIpc) is 2.78. The molecule has 2 aromatic carbocycles. The van der Waals surface area contributed by atoms with Crippen LogP contribution in [0.1, 0.15) is 30.1 Å². The highest BCUT2D eigenvalue weighted by atomic mass is 35.5. The SMILES string of the molecule is CC1CCCN(S(=O)(=O)c2cc(C(=O)Nc3ccc(OCC(=O)N(C)C)cc3)ccc2Cl)C1. The third-order valence-electron chi connectivity index (χ3n) is 5.40. The van der Waals surface area contributed by atoms with E-state index in [1.54, 1.807) is 38.4 Å². The molecule has 0 saturated carbocycles. The Bertz CT molecular complexity index is 1120. The van der Waals surface area contributed by atoms with Gasteiger partial charge in [0.1, 0.15) is 10.6 Å². The highest BCUT2D eigenvalue weighted by Gasteiger charge is 2.31. The Morgan fingerprint density at radius 3 is 2.52 bits per heavy atom. The lowest BCUT2D eigenvalue weighted by Crippen LogP contribution is -2.39. The second-order valence-electron chi connectivity index (χ2n) is 8.31. The first-order valence-corrected chi connectivity index (χ1v) is 12.4. The first-order valence-electron chi connectivity index (χ1n) is 10.6. The highest BCUT2D eigenvalue weighted by molar-refractivity contribution is 7.89. The Labute approximate surface area is 199 Å². The second-order valence-corrected chi connectivity index (χ2v) is 10.6. The lowest BCUT2D eigenvalue weighted by Gasteiger charge is -2.30. The van der Waals surface area contributed by atoms with E-state index >= 15 is 0 Å². The van der Waals surface area contributed by atoms with Crippen LogP contribution < -0.4 is 10.1 Å². The number of benzene rings is 2. The molecule has 0 spiro atoms. The van der Waals surface area contributed by atoms with E-state index in [1.165, 1.54) is 27.4 Å². The molecule has 1 aliphatic heterocycles. The minimum absolute atomic E-state index is 0.0692. The summed E-state index contributed by atoms with van der Waals surface area (Å²) in [5.41, 5.74) is 0.676. The van der Waals surface area contributed by atoms with Crippen LogP contribution in [0.2, 0.25) is 5.02 Å². The van der Waals surface area contributed by atoms with Gasteiger partial charge in [0.2, 0.25) is 10.0 Å². The van der Waals surface area contributed by atoms with Gasteiger partial charge < -0.3 is 15.0 Å². The van der Waals surface area contributed by atoms with Gasteiger partial charge in [-0.3, -0.25) is 9.59 Å². The molecule has 3 rings (SSSR count). The van der Waals surface area contributed by atoms with E-state index in [2.05, 4.69) is 5.32 Å². The summed E-state index contributed by atoms with van der Waals surface area (Å²) < 4.78 is 33.1. The van der Waals surface area contributed by atoms with E-state index in [4.69, 9.17) is 16.3 Å². The van der Waals surface area contributed by atoms with Crippen molar-refractivity contribution in [1.29, 1.82) is 0 Å². The summed E-state index contributed by atoms with van der Waals surface area (Å²) in [7, 11) is -0.519. The highest BCUT2D eigenvalue weighted by Crippen LogP contribution is 2.29. The van der Waals surface area contributed by atoms with Crippen LogP contribution in [0.4, 0.5) is 5.69 Å². The summed E-state index contributed by atoms with van der Waals surface area (Å²) in [6.45, 7) is 2.80. The Kier molecular flexibility index (Phi) is 7.99. The van der Waals surface area contributed by atoms with E-state index in [9.17, 15) is 18.0 Å². The Balaban J connectivity index is 1.71. The van der Waals surface area contributed by atoms with E-state index in [-0.39, 0.29) is 33.9 Å². The monoisotopic (exact) mass is 493 g/mol. The molecule has 2 aromatic rings. The summed E-state index contributed by atoms with van der Waals surface area (Å²) in [4.78, 5) is 25.7. The van der Waals surface area contributed by atoms with Gasteiger partial charge in [0.25, 0.3) is 11.8 Å². The van der Waals surface area contributed by atoms with Gasteiger partial charge in [-0.2, -0.15) is 4.31 Å². The van der Waals surface area contributed by atoms with Gasteiger partial charge in [-0.1, -0.05) is 18.5 Å². The predicted octanol–water partition coefficient (Wildman–Crippen LogP) is 3.48. The van der Waals surface area contributed by atoms with Crippen LogP contribution in [0.25, 0.3) is 0 Å². The number of nitrogens with zero attached hydrogens (tertiary/aromatic N) is 2. The van der Waals surface area contributed by atoms with Crippen LogP contribution in [0.15, 0.2) is 47.4 Å². The number of sulfonamides is 1. The van der Waals surface area contributed by atoms with Gasteiger partial charge in [0.15, 0.2) is 6.61 Å². The minimum atomic E-state index is -3.81. The Morgan fingerprint density at radius 2 is 1.88 bits per heavy atom. The lowest BCUT2D eigenvalue weighted by atomic mass is 10.0. The van der Waals surface area contributed by atoms with Crippen molar-refractivity contribution in [3.05, 3.63) is 53.1 Å². The van der Waals surface area contributed by atoms with Crippen LogP contribution in [0.3, 0.4) is 0 Å². The topological polar surface area (TPSA) is 96.0 Å². The zero-order chi connectivity index (χ0) is 24.2. The van der Waals surface area contributed by atoms with Gasteiger partial charge in [-0.15, -0.1) is 0 Å². The van der Waals surface area contributed by atoms with Gasteiger partial charge in [-0.05, 0) is 61.2 Å². The number of piperidine rings is 1. The molecule has 2 amide bonds. The molecule has 0 radical (unpaired) electrons. The summed E-state index contributed by atoms with van der Waals surface area (Å²) in [5, 5.41) is 2.81. The molecular formula is C23H28ClN3O5S. The molecule has 0 aliphatic carbocycles. The van der Waals surface area contributed by atoms with Crippen molar-refractivity contribution in [1.82, 2.24) is 9.21 Å². The molecular weight excluding hydrogens is 466 g/mol. The molecule has 0 bridgehead atoms. The molecule has 33 heavy (non-hydrogen) atoms. The fourth-order valence-corrected chi connectivity index (χ4v) is 5.56. The average molecular weight is 494 g/mol. The van der Waals surface area contributed by atoms with Crippen molar-refractivity contribution >= 4 is 39.1 Å². The summed E-state index contributed by atoms with van der Waals surface area (Å²) in [6.07, 6.45) is 1.78. The third-order valence-corrected chi connectivity index (χ3v) is 7.75. The largest absolute Gasteiger partial charge is 0.484 e. The number of hydrogen-bond donors (Lipinski definition) is 1. The van der Waals surface area contributed by atoms with Gasteiger partial charge in [-0.25, -0.2) is 8.42 Å². The number of carbonyl (C=O) groups is 2. The lowest BCUT2D eigenvalue weighted by molar-refractivity contribution is -0.130. The maximum Gasteiger partial charge on any atom is 0.259 e. The molecule has 178 valence electrons. The number of halogens is 1. The smallest absolute Gasteiger partial charge is 0.259 e. The van der Waals surface area contributed by atoms with Crippen LogP contribution in [-0.4, -0.2) is 63.2 Å². The molecule has 1 aliphatic rings. The van der Waals surface area contributed by atoms with Crippen molar-refractivity contribution in [3.63, 3.8) is 0 Å². The van der Waals surface area contributed by atoms with Gasteiger partial charge in [0, 0.05) is 38.4 Å². The number of hydrogen-bond acceptors (Lipinski definition) is 5. The van der Waals surface area contributed by atoms with E-state index < -0.39 is 15.9 Å². The molecule has 1 unspecified atom stereocenters. The summed E-state index contributed by atoms with van der Waals surface area (Å²) in [5.74, 6) is 0.122. The van der Waals surface area contributed by atoms with Crippen molar-refractivity contribution < 1.29 is 22.7 Å². The van der Waals surface area contributed by atoms with Crippen LogP contribution in [0, 0.1) is 5.92 Å². The summed E-state index contributed by atoms with van der Waals surface area (Å²) >= 11 is 6.21. The van der Waals surface area contributed by atoms with Crippen molar-refractivity contribution in [2.75, 3.05) is 39.1 Å². The van der Waals surface area contributed by atoms with Crippen molar-refractivity contribution in [3.8, 4) is 5.75 Å². The van der Waals surface area contributed by atoms with Crippen LogP contribution >= 0.6 is 11.6 Å². The van der Waals surface area contributed by atoms with Crippen molar-refractivity contribution in [2.45, 2.75) is 24.7 Å². The molecule has 1 fully saturated rings. The third kappa shape index (κ3) is 6.25. The normalized spacial score (nSPS) is 16.8. The second kappa shape index (κ2) is 10.5. The maximum atomic E-state index is 13.1. The summed E-state index contributed by atoms with van der Waals surface area (Å²) in [6, 6.07) is 10.8. The fourth-order valence-electron chi connectivity index (χ4n) is 3.46. The molecule has 8 nitrogen and oxygen atoms in total. The quantitative estimate of drug-likeness (QED) is 0.637. The van der Waals surface area contributed by atoms with E-state index in [0.29, 0.717) is 24.5 Å². The predicted molar refractivity (Wildman–Crippen MR) is 127 cm³/mol. The van der Waals surface area contributed by atoms with Crippen molar-refractivity contribution in [2.24, 2.45) is 5.92 Å². The molecule has 0 aromatic heterocycles. The maximum absolute atomic E-state index is 13.1. The molecule has 10 heteroatoms. The van der Waals surface area contributed by atoms with Crippen LogP contribution in [0.5, 0.6) is 5.75 Å². The van der Waals surface area contributed by atoms with Gasteiger partial charge >= 0.3 is 0 Å². The number of rotatable bonds is 7. The Morgan fingerprint density at radius 1 is 1.18 bits per heavy atom. The molecule has 1 N–H and O–H groups in total. The standard InChI is InChI=1S/C23H28ClN3O5S/c1-16-5-4-12-27(14-16)33(30,31)21-13-17(6-11-20(21)24)23(29)25-18-7-9-19(10-8-18)32-15-22(28)26(2)3/h6-11,13,16H,4-5,12,14-15H2,1-3H3,(H,25,29). The molecule has 1 heterocycles. The zero-order valence-electron chi connectivity index (χ0n) is 18.9. The fraction of sp³-hybridized carbons (Fsp3) is 0.391. The number of nitrogens with one attached hydrogen (secondary N) is 1. The first-order chi connectivity index (χ1) is 15.6.